The Balaban J connectivity index is 1.40. The Hall–Kier alpha value is -2.39. The highest BCUT2D eigenvalue weighted by Crippen LogP contribution is 2.19. The molecule has 1 aromatic heterocycles. The van der Waals surface area contributed by atoms with Crippen molar-refractivity contribution < 1.29 is 4.74 Å². The predicted octanol–water partition coefficient (Wildman–Crippen LogP) is 2.08. The SMILES string of the molecule is N#Cc1ccc(OCCCN2CCCC2Cn2cncn2)cc1. The zero-order valence-corrected chi connectivity index (χ0v) is 13.1. The topological polar surface area (TPSA) is 67.0 Å². The summed E-state index contributed by atoms with van der Waals surface area (Å²) in [5.41, 5.74) is 0.658. The summed E-state index contributed by atoms with van der Waals surface area (Å²) in [4.78, 5) is 6.52. The van der Waals surface area contributed by atoms with Crippen LogP contribution in [0.1, 0.15) is 24.8 Å². The summed E-state index contributed by atoms with van der Waals surface area (Å²) in [6.45, 7) is 3.79. The van der Waals surface area contributed by atoms with Gasteiger partial charge in [0.25, 0.3) is 0 Å². The normalized spacial score (nSPS) is 18.0. The van der Waals surface area contributed by atoms with Crippen molar-refractivity contribution in [1.82, 2.24) is 19.7 Å². The number of hydrogen-bond donors (Lipinski definition) is 0. The lowest BCUT2D eigenvalue weighted by Crippen LogP contribution is -2.34. The molecule has 3 rings (SSSR count). The van der Waals surface area contributed by atoms with Gasteiger partial charge in [0, 0.05) is 12.6 Å². The van der Waals surface area contributed by atoms with E-state index in [0.717, 1.165) is 31.8 Å². The van der Waals surface area contributed by atoms with Crippen LogP contribution in [-0.2, 0) is 6.54 Å². The molecule has 0 radical (unpaired) electrons. The molecule has 6 heteroatoms. The molecule has 1 fully saturated rings. The molecule has 1 aliphatic heterocycles. The lowest BCUT2D eigenvalue weighted by atomic mass is 10.2. The average molecular weight is 311 g/mol. The van der Waals surface area contributed by atoms with Crippen molar-refractivity contribution in [2.24, 2.45) is 0 Å². The molecule has 1 aromatic carbocycles. The molecule has 1 atom stereocenters. The van der Waals surface area contributed by atoms with Crippen LogP contribution in [0.25, 0.3) is 0 Å². The smallest absolute Gasteiger partial charge is 0.137 e. The molecule has 6 nitrogen and oxygen atoms in total. The maximum Gasteiger partial charge on any atom is 0.137 e. The van der Waals surface area contributed by atoms with Crippen molar-refractivity contribution in [3.8, 4) is 11.8 Å². The molecule has 0 N–H and O–H groups in total. The number of benzene rings is 1. The van der Waals surface area contributed by atoms with E-state index in [1.165, 1.54) is 12.8 Å². The summed E-state index contributed by atoms with van der Waals surface area (Å²) in [6, 6.07) is 9.92. The maximum absolute atomic E-state index is 8.77. The van der Waals surface area contributed by atoms with Crippen LogP contribution in [0, 0.1) is 11.3 Å². The fraction of sp³-hybridized carbons (Fsp3) is 0.471. The van der Waals surface area contributed by atoms with Crippen LogP contribution < -0.4 is 4.74 Å². The first-order valence-electron chi connectivity index (χ1n) is 8.04. The highest BCUT2D eigenvalue weighted by Gasteiger charge is 2.24. The minimum absolute atomic E-state index is 0.548. The van der Waals surface area contributed by atoms with E-state index in [-0.39, 0.29) is 0 Å². The van der Waals surface area contributed by atoms with Crippen LogP contribution in [0.3, 0.4) is 0 Å². The standard InChI is InChI=1S/C17H21N5O/c18-11-15-4-6-17(7-5-15)23-10-2-9-21-8-1-3-16(21)12-22-14-19-13-20-22/h4-7,13-14,16H,1-3,8-10,12H2. The van der Waals surface area contributed by atoms with Gasteiger partial charge in [0.15, 0.2) is 0 Å². The predicted molar refractivity (Wildman–Crippen MR) is 85.9 cm³/mol. The summed E-state index contributed by atoms with van der Waals surface area (Å²) < 4.78 is 7.66. The van der Waals surface area contributed by atoms with Gasteiger partial charge >= 0.3 is 0 Å². The Bertz CT molecular complexity index is 632. The maximum atomic E-state index is 8.77. The number of likely N-dealkylation sites (tertiary alicyclic amines) is 1. The van der Waals surface area contributed by atoms with Crippen molar-refractivity contribution in [2.45, 2.75) is 31.8 Å². The van der Waals surface area contributed by atoms with E-state index < -0.39 is 0 Å². The van der Waals surface area contributed by atoms with Crippen molar-refractivity contribution in [3.05, 3.63) is 42.5 Å². The fourth-order valence-corrected chi connectivity index (χ4v) is 3.02. The van der Waals surface area contributed by atoms with Gasteiger partial charge in [-0.15, -0.1) is 0 Å². The second-order valence-corrected chi connectivity index (χ2v) is 5.79. The second kappa shape index (κ2) is 7.75. The lowest BCUT2D eigenvalue weighted by Gasteiger charge is -2.24. The molecule has 1 aliphatic rings. The van der Waals surface area contributed by atoms with Crippen LogP contribution in [-0.4, -0.2) is 45.4 Å². The molecular weight excluding hydrogens is 290 g/mol. The van der Waals surface area contributed by atoms with E-state index in [2.05, 4.69) is 21.1 Å². The monoisotopic (exact) mass is 311 g/mol. The summed E-state index contributed by atoms with van der Waals surface area (Å²) in [6.07, 6.45) is 6.83. The Labute approximate surface area is 136 Å². The van der Waals surface area contributed by atoms with Crippen molar-refractivity contribution >= 4 is 0 Å². The van der Waals surface area contributed by atoms with Crippen molar-refractivity contribution in [3.63, 3.8) is 0 Å². The minimum Gasteiger partial charge on any atom is -0.494 e. The van der Waals surface area contributed by atoms with Gasteiger partial charge in [-0.2, -0.15) is 10.4 Å². The molecule has 0 spiro atoms. The van der Waals surface area contributed by atoms with E-state index in [9.17, 15) is 0 Å². The Morgan fingerprint density at radius 2 is 2.17 bits per heavy atom. The molecule has 120 valence electrons. The van der Waals surface area contributed by atoms with Crippen molar-refractivity contribution in [2.75, 3.05) is 19.7 Å². The van der Waals surface area contributed by atoms with Crippen LogP contribution in [0.4, 0.5) is 0 Å². The molecule has 0 saturated carbocycles. The van der Waals surface area contributed by atoms with E-state index in [1.807, 2.05) is 16.8 Å². The minimum atomic E-state index is 0.548. The van der Waals surface area contributed by atoms with Crippen LogP contribution in [0.15, 0.2) is 36.9 Å². The molecular formula is C17H21N5O. The van der Waals surface area contributed by atoms with E-state index in [1.54, 1.807) is 24.8 Å². The highest BCUT2D eigenvalue weighted by molar-refractivity contribution is 5.34. The van der Waals surface area contributed by atoms with Gasteiger partial charge in [0.1, 0.15) is 18.4 Å². The van der Waals surface area contributed by atoms with Crippen LogP contribution in [0.5, 0.6) is 5.75 Å². The van der Waals surface area contributed by atoms with Crippen molar-refractivity contribution in [1.29, 1.82) is 5.26 Å². The number of nitriles is 1. The Kier molecular flexibility index (Phi) is 5.22. The number of rotatable bonds is 7. The third kappa shape index (κ3) is 4.30. The van der Waals surface area contributed by atoms with Crippen LogP contribution >= 0.6 is 0 Å². The molecule has 2 aromatic rings. The number of nitrogens with zero attached hydrogens (tertiary/aromatic N) is 5. The molecule has 0 bridgehead atoms. The number of hydrogen-bond acceptors (Lipinski definition) is 5. The first-order valence-corrected chi connectivity index (χ1v) is 8.04. The Morgan fingerprint density at radius 1 is 1.30 bits per heavy atom. The summed E-state index contributed by atoms with van der Waals surface area (Å²) in [5, 5.41) is 13.0. The second-order valence-electron chi connectivity index (χ2n) is 5.79. The van der Waals surface area contributed by atoms with E-state index in [0.29, 0.717) is 18.2 Å². The first-order chi connectivity index (χ1) is 11.3. The van der Waals surface area contributed by atoms with Gasteiger partial charge in [-0.05, 0) is 50.1 Å². The van der Waals surface area contributed by atoms with E-state index in [4.69, 9.17) is 10.00 Å². The zero-order chi connectivity index (χ0) is 15.9. The largest absolute Gasteiger partial charge is 0.494 e. The van der Waals surface area contributed by atoms with Gasteiger partial charge in [0.05, 0.1) is 24.8 Å². The average Bonchev–Trinajstić information content (AvgIpc) is 3.25. The molecule has 23 heavy (non-hydrogen) atoms. The summed E-state index contributed by atoms with van der Waals surface area (Å²) in [5.74, 6) is 0.824. The molecule has 0 aliphatic carbocycles. The van der Waals surface area contributed by atoms with Gasteiger partial charge in [-0.25, -0.2) is 4.98 Å². The fourth-order valence-electron chi connectivity index (χ4n) is 3.02. The molecule has 0 amide bonds. The first kappa shape index (κ1) is 15.5. The van der Waals surface area contributed by atoms with E-state index >= 15 is 0 Å². The number of ether oxygens (including phenoxy) is 1. The van der Waals surface area contributed by atoms with Gasteiger partial charge in [0.2, 0.25) is 0 Å². The summed E-state index contributed by atoms with van der Waals surface area (Å²) >= 11 is 0. The molecule has 1 saturated heterocycles. The Morgan fingerprint density at radius 3 is 2.91 bits per heavy atom. The molecule has 2 heterocycles. The van der Waals surface area contributed by atoms with Gasteiger partial charge < -0.3 is 4.74 Å². The molecule has 1 unspecified atom stereocenters. The third-order valence-corrected chi connectivity index (χ3v) is 4.21. The van der Waals surface area contributed by atoms with Gasteiger partial charge in [-0.3, -0.25) is 9.58 Å². The third-order valence-electron chi connectivity index (χ3n) is 4.21. The highest BCUT2D eigenvalue weighted by atomic mass is 16.5. The van der Waals surface area contributed by atoms with Crippen LogP contribution in [0.2, 0.25) is 0 Å². The zero-order valence-electron chi connectivity index (χ0n) is 13.1. The quantitative estimate of drug-likeness (QED) is 0.732. The van der Waals surface area contributed by atoms with Gasteiger partial charge in [-0.1, -0.05) is 0 Å². The summed E-state index contributed by atoms with van der Waals surface area (Å²) in [7, 11) is 0. The number of aromatic nitrogens is 3. The lowest BCUT2D eigenvalue weighted by molar-refractivity contribution is 0.203.